The Bertz CT molecular complexity index is 400. The van der Waals surface area contributed by atoms with Gasteiger partial charge in [0.1, 0.15) is 0 Å². The zero-order valence-electron chi connectivity index (χ0n) is 11.5. The first-order valence-corrected chi connectivity index (χ1v) is 7.17. The van der Waals surface area contributed by atoms with Gasteiger partial charge in [-0.2, -0.15) is 0 Å². The third-order valence-electron chi connectivity index (χ3n) is 3.86. The van der Waals surface area contributed by atoms with Crippen LogP contribution in [0.2, 0.25) is 0 Å². The van der Waals surface area contributed by atoms with E-state index in [2.05, 4.69) is 24.4 Å². The smallest absolute Gasteiger partial charge is 0.303 e. The van der Waals surface area contributed by atoms with E-state index in [0.717, 1.165) is 12.3 Å². The average Bonchev–Trinajstić information content (AvgIpc) is 3.21. The summed E-state index contributed by atoms with van der Waals surface area (Å²) in [5, 5.41) is 12.5. The standard InChI is InChI=1S/C16H23NO2/c1-12(14-7-8-14)17-15(9-10-16(18)19)11-13-5-3-2-4-6-13/h2-6,12,14-15,17H,7-11H2,1H3,(H,18,19). The van der Waals surface area contributed by atoms with Crippen molar-refractivity contribution in [1.29, 1.82) is 0 Å². The summed E-state index contributed by atoms with van der Waals surface area (Å²) in [5.74, 6) is 0.0852. The van der Waals surface area contributed by atoms with Crippen LogP contribution < -0.4 is 5.32 Å². The van der Waals surface area contributed by atoms with Gasteiger partial charge in [0, 0.05) is 18.5 Å². The molecule has 0 aliphatic heterocycles. The van der Waals surface area contributed by atoms with Gasteiger partial charge in [-0.1, -0.05) is 30.3 Å². The topological polar surface area (TPSA) is 49.3 Å². The molecule has 0 saturated heterocycles. The van der Waals surface area contributed by atoms with Gasteiger partial charge < -0.3 is 10.4 Å². The molecule has 2 N–H and O–H groups in total. The molecule has 0 heterocycles. The molecule has 3 heteroatoms. The lowest BCUT2D eigenvalue weighted by Crippen LogP contribution is -2.39. The second-order valence-electron chi connectivity index (χ2n) is 5.61. The lowest BCUT2D eigenvalue weighted by molar-refractivity contribution is -0.137. The third-order valence-corrected chi connectivity index (χ3v) is 3.86. The Morgan fingerprint density at radius 1 is 1.37 bits per heavy atom. The van der Waals surface area contributed by atoms with Gasteiger partial charge in [0.2, 0.25) is 0 Å². The molecule has 0 bridgehead atoms. The Morgan fingerprint density at radius 3 is 2.63 bits per heavy atom. The highest BCUT2D eigenvalue weighted by molar-refractivity contribution is 5.66. The van der Waals surface area contributed by atoms with Crippen molar-refractivity contribution in [2.24, 2.45) is 5.92 Å². The third kappa shape index (κ3) is 5.03. The highest BCUT2D eigenvalue weighted by atomic mass is 16.4. The normalized spacial score (nSPS) is 17.9. The minimum atomic E-state index is -0.709. The van der Waals surface area contributed by atoms with Crippen LogP contribution in [0.15, 0.2) is 30.3 Å². The van der Waals surface area contributed by atoms with Crippen LogP contribution in [0.5, 0.6) is 0 Å². The molecular weight excluding hydrogens is 238 g/mol. The van der Waals surface area contributed by atoms with E-state index in [1.165, 1.54) is 18.4 Å². The molecule has 0 spiro atoms. The molecule has 0 radical (unpaired) electrons. The molecule has 2 atom stereocenters. The van der Waals surface area contributed by atoms with Crippen LogP contribution in [0.3, 0.4) is 0 Å². The van der Waals surface area contributed by atoms with Gasteiger partial charge in [0.15, 0.2) is 0 Å². The second-order valence-corrected chi connectivity index (χ2v) is 5.61. The van der Waals surface area contributed by atoms with E-state index in [9.17, 15) is 4.79 Å². The van der Waals surface area contributed by atoms with Gasteiger partial charge in [-0.3, -0.25) is 4.79 Å². The second kappa shape index (κ2) is 6.71. The summed E-state index contributed by atoms with van der Waals surface area (Å²) < 4.78 is 0. The lowest BCUT2D eigenvalue weighted by atomic mass is 10.0. The minimum absolute atomic E-state index is 0.238. The molecule has 1 aromatic rings. The van der Waals surface area contributed by atoms with E-state index in [1.54, 1.807) is 0 Å². The fourth-order valence-electron chi connectivity index (χ4n) is 2.54. The molecule has 1 aliphatic carbocycles. The summed E-state index contributed by atoms with van der Waals surface area (Å²) in [6, 6.07) is 11.1. The number of hydrogen-bond acceptors (Lipinski definition) is 2. The molecule has 1 fully saturated rings. The fourth-order valence-corrected chi connectivity index (χ4v) is 2.54. The summed E-state index contributed by atoms with van der Waals surface area (Å²) >= 11 is 0. The van der Waals surface area contributed by atoms with Crippen molar-refractivity contribution < 1.29 is 9.90 Å². The summed E-state index contributed by atoms with van der Waals surface area (Å²) in [7, 11) is 0. The first kappa shape index (κ1) is 14.1. The molecule has 3 nitrogen and oxygen atoms in total. The monoisotopic (exact) mass is 261 g/mol. The molecular formula is C16H23NO2. The molecule has 2 unspecified atom stereocenters. The quantitative estimate of drug-likeness (QED) is 0.756. The zero-order valence-corrected chi connectivity index (χ0v) is 11.5. The largest absolute Gasteiger partial charge is 0.481 e. The molecule has 0 aromatic heterocycles. The molecule has 1 aliphatic rings. The molecule has 2 rings (SSSR count). The van der Waals surface area contributed by atoms with Gasteiger partial charge >= 0.3 is 5.97 Å². The van der Waals surface area contributed by atoms with E-state index in [-0.39, 0.29) is 12.5 Å². The molecule has 1 saturated carbocycles. The summed E-state index contributed by atoms with van der Waals surface area (Å²) in [6.45, 7) is 2.22. The summed E-state index contributed by atoms with van der Waals surface area (Å²) in [6.07, 6.45) is 4.46. The number of benzene rings is 1. The average molecular weight is 261 g/mol. The van der Waals surface area contributed by atoms with Crippen molar-refractivity contribution >= 4 is 5.97 Å². The number of carboxylic acids is 1. The van der Waals surface area contributed by atoms with Crippen LogP contribution in [0.4, 0.5) is 0 Å². The molecule has 0 amide bonds. The molecule has 104 valence electrons. The number of nitrogens with one attached hydrogen (secondary N) is 1. The Balaban J connectivity index is 1.90. The fraction of sp³-hybridized carbons (Fsp3) is 0.562. The van der Waals surface area contributed by atoms with Gasteiger partial charge in [-0.05, 0) is 44.1 Å². The van der Waals surface area contributed by atoms with E-state index in [4.69, 9.17) is 5.11 Å². The van der Waals surface area contributed by atoms with E-state index in [1.807, 2.05) is 18.2 Å². The number of rotatable bonds is 8. The van der Waals surface area contributed by atoms with Crippen LogP contribution in [0.25, 0.3) is 0 Å². The first-order valence-electron chi connectivity index (χ1n) is 7.17. The van der Waals surface area contributed by atoms with Crippen LogP contribution in [-0.4, -0.2) is 23.2 Å². The number of aliphatic carboxylic acids is 1. The van der Waals surface area contributed by atoms with E-state index >= 15 is 0 Å². The van der Waals surface area contributed by atoms with Gasteiger partial charge in [0.05, 0.1) is 0 Å². The maximum atomic E-state index is 10.8. The number of carboxylic acid groups (broad SMARTS) is 1. The Labute approximate surface area is 115 Å². The Morgan fingerprint density at radius 2 is 2.05 bits per heavy atom. The predicted molar refractivity (Wildman–Crippen MR) is 76.1 cm³/mol. The summed E-state index contributed by atoms with van der Waals surface area (Å²) in [4.78, 5) is 10.8. The Kier molecular flexibility index (Phi) is 4.97. The number of hydrogen-bond donors (Lipinski definition) is 2. The van der Waals surface area contributed by atoms with Crippen molar-refractivity contribution in [2.45, 2.75) is 51.1 Å². The molecule has 1 aromatic carbocycles. The van der Waals surface area contributed by atoms with Crippen LogP contribution in [0.1, 0.15) is 38.2 Å². The minimum Gasteiger partial charge on any atom is -0.481 e. The van der Waals surface area contributed by atoms with Crippen molar-refractivity contribution in [3.8, 4) is 0 Å². The van der Waals surface area contributed by atoms with Crippen molar-refractivity contribution in [3.05, 3.63) is 35.9 Å². The van der Waals surface area contributed by atoms with E-state index in [0.29, 0.717) is 12.5 Å². The number of carbonyl (C=O) groups is 1. The SMILES string of the molecule is CC(NC(CCC(=O)O)Cc1ccccc1)C1CC1. The van der Waals surface area contributed by atoms with Crippen molar-refractivity contribution in [2.75, 3.05) is 0 Å². The van der Waals surface area contributed by atoms with Crippen LogP contribution in [-0.2, 0) is 11.2 Å². The van der Waals surface area contributed by atoms with Crippen LogP contribution in [0, 0.1) is 5.92 Å². The van der Waals surface area contributed by atoms with Crippen molar-refractivity contribution in [1.82, 2.24) is 5.32 Å². The van der Waals surface area contributed by atoms with Gasteiger partial charge in [-0.15, -0.1) is 0 Å². The Hall–Kier alpha value is -1.35. The first-order chi connectivity index (χ1) is 9.15. The van der Waals surface area contributed by atoms with Gasteiger partial charge in [-0.25, -0.2) is 0 Å². The molecule has 19 heavy (non-hydrogen) atoms. The van der Waals surface area contributed by atoms with Gasteiger partial charge in [0.25, 0.3) is 0 Å². The van der Waals surface area contributed by atoms with Crippen LogP contribution >= 0.6 is 0 Å². The maximum absolute atomic E-state index is 10.8. The summed E-state index contributed by atoms with van der Waals surface area (Å²) in [5.41, 5.74) is 1.27. The highest BCUT2D eigenvalue weighted by Crippen LogP contribution is 2.32. The highest BCUT2D eigenvalue weighted by Gasteiger charge is 2.29. The van der Waals surface area contributed by atoms with Crippen molar-refractivity contribution in [3.63, 3.8) is 0 Å². The predicted octanol–water partition coefficient (Wildman–Crippen LogP) is 2.85. The lowest BCUT2D eigenvalue weighted by Gasteiger charge is -2.23. The zero-order chi connectivity index (χ0) is 13.7. The van der Waals surface area contributed by atoms with E-state index < -0.39 is 5.97 Å². The maximum Gasteiger partial charge on any atom is 0.303 e.